The van der Waals surface area contributed by atoms with Crippen LogP contribution in [-0.4, -0.2) is 12.4 Å². The van der Waals surface area contributed by atoms with Gasteiger partial charge in [-0.2, -0.15) is 0 Å². The minimum atomic E-state index is -0.0450. The Morgan fingerprint density at radius 3 is 2.53 bits per heavy atom. The first-order valence-corrected chi connectivity index (χ1v) is 6.19. The van der Waals surface area contributed by atoms with Crippen molar-refractivity contribution in [1.82, 2.24) is 0 Å². The van der Waals surface area contributed by atoms with Gasteiger partial charge in [0.2, 0.25) is 0 Å². The third-order valence-corrected chi connectivity index (χ3v) is 3.72. The van der Waals surface area contributed by atoms with Crippen molar-refractivity contribution in [2.75, 3.05) is 6.61 Å². The van der Waals surface area contributed by atoms with Gasteiger partial charge in [0.25, 0.3) is 0 Å². The second kappa shape index (κ2) is 5.32. The highest BCUT2D eigenvalue weighted by Crippen LogP contribution is 2.43. The normalized spacial score (nSPS) is 17.4. The molecule has 1 aliphatic carbocycles. The van der Waals surface area contributed by atoms with Crippen LogP contribution in [0.5, 0.6) is 0 Å². The van der Waals surface area contributed by atoms with Crippen molar-refractivity contribution < 1.29 is 4.74 Å². The Balaban J connectivity index is 1.71. The Morgan fingerprint density at radius 1 is 1.29 bits per heavy atom. The van der Waals surface area contributed by atoms with Gasteiger partial charge in [0.1, 0.15) is 0 Å². The van der Waals surface area contributed by atoms with Gasteiger partial charge in [-0.25, -0.2) is 0 Å². The van der Waals surface area contributed by atoms with E-state index >= 15 is 0 Å². The van der Waals surface area contributed by atoms with E-state index in [-0.39, 0.29) is 5.41 Å². The zero-order valence-corrected chi connectivity index (χ0v) is 10.1. The number of nitrogens with two attached hydrogens (primary N) is 1. The molecule has 0 amide bonds. The minimum absolute atomic E-state index is 0.0450. The molecule has 0 spiro atoms. The maximum absolute atomic E-state index is 7.62. The van der Waals surface area contributed by atoms with Crippen LogP contribution in [0, 0.1) is 10.8 Å². The van der Waals surface area contributed by atoms with Gasteiger partial charge >= 0.3 is 0 Å². The molecule has 3 N–H and O–H groups in total. The van der Waals surface area contributed by atoms with Crippen LogP contribution in [0.4, 0.5) is 0 Å². The molecule has 0 aliphatic heterocycles. The first kappa shape index (κ1) is 12.1. The Bertz CT molecular complexity index is 371. The summed E-state index contributed by atoms with van der Waals surface area (Å²) in [7, 11) is 0. The van der Waals surface area contributed by atoms with Gasteiger partial charge in [0, 0.05) is 12.0 Å². The van der Waals surface area contributed by atoms with Gasteiger partial charge in [-0.05, 0) is 24.8 Å². The van der Waals surface area contributed by atoms with Crippen LogP contribution in [0.3, 0.4) is 0 Å². The fourth-order valence-electron chi connectivity index (χ4n) is 2.29. The predicted octanol–water partition coefficient (Wildman–Crippen LogP) is 2.70. The number of benzene rings is 1. The molecule has 0 aromatic heterocycles. The summed E-state index contributed by atoms with van der Waals surface area (Å²) < 4.78 is 5.65. The van der Waals surface area contributed by atoms with E-state index in [2.05, 4.69) is 12.1 Å². The van der Waals surface area contributed by atoms with Crippen LogP contribution in [-0.2, 0) is 11.3 Å². The van der Waals surface area contributed by atoms with Crippen LogP contribution < -0.4 is 5.73 Å². The zero-order chi connectivity index (χ0) is 12.1. The first-order chi connectivity index (χ1) is 8.23. The van der Waals surface area contributed by atoms with Gasteiger partial charge in [0.05, 0.1) is 12.4 Å². The lowest BCUT2D eigenvalue weighted by molar-refractivity contribution is 0.0768. The molecule has 0 atom stereocenters. The number of nitrogens with one attached hydrogen (secondary N) is 1. The monoisotopic (exact) mass is 232 g/mol. The lowest BCUT2D eigenvalue weighted by Gasteiger charge is -2.40. The minimum Gasteiger partial charge on any atom is -0.387 e. The molecule has 2 rings (SSSR count). The summed E-state index contributed by atoms with van der Waals surface area (Å²) in [6.45, 7) is 1.34. The van der Waals surface area contributed by atoms with Crippen LogP contribution in [0.2, 0.25) is 0 Å². The maximum atomic E-state index is 7.62. The predicted molar refractivity (Wildman–Crippen MR) is 68.9 cm³/mol. The summed E-state index contributed by atoms with van der Waals surface area (Å²) in [6.07, 6.45) is 4.18. The van der Waals surface area contributed by atoms with Gasteiger partial charge in [-0.15, -0.1) is 0 Å². The maximum Gasteiger partial charge on any atom is 0.0969 e. The van der Waals surface area contributed by atoms with Crippen LogP contribution in [0.15, 0.2) is 30.3 Å². The summed E-state index contributed by atoms with van der Waals surface area (Å²) >= 11 is 0. The molecule has 1 aliphatic rings. The van der Waals surface area contributed by atoms with Crippen molar-refractivity contribution >= 4 is 5.84 Å². The highest BCUT2D eigenvalue weighted by atomic mass is 16.5. The van der Waals surface area contributed by atoms with E-state index < -0.39 is 0 Å². The third kappa shape index (κ3) is 2.86. The van der Waals surface area contributed by atoms with Crippen molar-refractivity contribution in [3.05, 3.63) is 35.9 Å². The van der Waals surface area contributed by atoms with Crippen molar-refractivity contribution in [2.24, 2.45) is 11.1 Å². The topological polar surface area (TPSA) is 59.1 Å². The summed E-state index contributed by atoms with van der Waals surface area (Å²) in [5.41, 5.74) is 6.80. The summed E-state index contributed by atoms with van der Waals surface area (Å²) in [4.78, 5) is 0. The third-order valence-electron chi connectivity index (χ3n) is 3.72. The molecule has 0 radical (unpaired) electrons. The van der Waals surface area contributed by atoms with Crippen molar-refractivity contribution in [2.45, 2.75) is 32.3 Å². The molecule has 0 heterocycles. The summed E-state index contributed by atoms with van der Waals surface area (Å²) in [5, 5.41) is 7.62. The van der Waals surface area contributed by atoms with E-state index in [0.29, 0.717) is 19.0 Å². The highest BCUT2D eigenvalue weighted by molar-refractivity contribution is 5.84. The lowest BCUT2D eigenvalue weighted by atomic mass is 9.66. The van der Waals surface area contributed by atoms with Gasteiger partial charge in [-0.3, -0.25) is 5.41 Å². The molecule has 3 heteroatoms. The highest BCUT2D eigenvalue weighted by Gasteiger charge is 2.39. The number of ether oxygens (including phenoxy) is 1. The van der Waals surface area contributed by atoms with E-state index in [4.69, 9.17) is 15.9 Å². The van der Waals surface area contributed by atoms with Crippen molar-refractivity contribution in [3.8, 4) is 0 Å². The van der Waals surface area contributed by atoms with E-state index in [9.17, 15) is 0 Å². The summed E-state index contributed by atoms with van der Waals surface area (Å²) in [5.74, 6) is 0.340. The van der Waals surface area contributed by atoms with Crippen molar-refractivity contribution in [3.63, 3.8) is 0 Å². The number of amidine groups is 1. The molecule has 17 heavy (non-hydrogen) atoms. The van der Waals surface area contributed by atoms with Gasteiger partial charge in [0.15, 0.2) is 0 Å². The molecular formula is C14H20N2O. The first-order valence-electron chi connectivity index (χ1n) is 6.19. The molecule has 0 bridgehead atoms. The molecule has 0 saturated heterocycles. The average molecular weight is 232 g/mol. The standard InChI is InChI=1S/C14H20N2O/c15-13(16)14(7-4-8-14)9-10-17-11-12-5-2-1-3-6-12/h1-3,5-6H,4,7-11H2,(H3,15,16). The molecule has 0 unspecified atom stereocenters. The van der Waals surface area contributed by atoms with Crippen LogP contribution >= 0.6 is 0 Å². The second-order valence-electron chi connectivity index (χ2n) is 4.84. The van der Waals surface area contributed by atoms with Crippen LogP contribution in [0.25, 0.3) is 0 Å². The smallest absolute Gasteiger partial charge is 0.0969 e. The number of hydrogen-bond donors (Lipinski definition) is 2. The fourth-order valence-corrected chi connectivity index (χ4v) is 2.29. The average Bonchev–Trinajstić information content (AvgIpc) is 2.27. The van der Waals surface area contributed by atoms with E-state index in [0.717, 1.165) is 19.3 Å². The lowest BCUT2D eigenvalue weighted by Crippen LogP contribution is -2.43. The fraction of sp³-hybridized carbons (Fsp3) is 0.500. The summed E-state index contributed by atoms with van der Waals surface area (Å²) in [6, 6.07) is 10.2. The molecule has 1 aromatic rings. The van der Waals surface area contributed by atoms with Gasteiger partial charge < -0.3 is 10.5 Å². The Kier molecular flexibility index (Phi) is 3.79. The zero-order valence-electron chi connectivity index (χ0n) is 10.1. The largest absolute Gasteiger partial charge is 0.387 e. The molecule has 3 nitrogen and oxygen atoms in total. The SMILES string of the molecule is N=C(N)C1(CCOCc2ccccc2)CCC1. The van der Waals surface area contributed by atoms with Crippen LogP contribution in [0.1, 0.15) is 31.2 Å². The Labute approximate surface area is 102 Å². The van der Waals surface area contributed by atoms with E-state index in [1.165, 1.54) is 12.0 Å². The van der Waals surface area contributed by atoms with Crippen molar-refractivity contribution in [1.29, 1.82) is 5.41 Å². The molecular weight excluding hydrogens is 212 g/mol. The Morgan fingerprint density at radius 2 is 2.00 bits per heavy atom. The molecule has 1 fully saturated rings. The van der Waals surface area contributed by atoms with Gasteiger partial charge in [-0.1, -0.05) is 36.8 Å². The van der Waals surface area contributed by atoms with E-state index in [1.54, 1.807) is 0 Å². The molecule has 1 aromatic carbocycles. The quantitative estimate of drug-likeness (QED) is 0.450. The molecule has 92 valence electrons. The molecule has 1 saturated carbocycles. The van der Waals surface area contributed by atoms with E-state index in [1.807, 2.05) is 18.2 Å². The number of hydrogen-bond acceptors (Lipinski definition) is 2. The second-order valence-corrected chi connectivity index (χ2v) is 4.84. The Hall–Kier alpha value is -1.35. The number of rotatable bonds is 6.